The van der Waals surface area contributed by atoms with Crippen LogP contribution in [0.2, 0.25) is 0 Å². The van der Waals surface area contributed by atoms with Crippen molar-refractivity contribution in [3.8, 4) is 0 Å². The molecule has 120 valence electrons. The quantitative estimate of drug-likeness (QED) is 0.832. The molecule has 2 aromatic rings. The highest BCUT2D eigenvalue weighted by Crippen LogP contribution is 2.33. The zero-order chi connectivity index (χ0) is 16.2. The third-order valence-electron chi connectivity index (χ3n) is 4.54. The summed E-state index contributed by atoms with van der Waals surface area (Å²) in [5.41, 5.74) is 2.92. The molecule has 0 spiro atoms. The van der Waals surface area contributed by atoms with Gasteiger partial charge in [0.15, 0.2) is 0 Å². The summed E-state index contributed by atoms with van der Waals surface area (Å²) in [4.78, 5) is 12.3. The average Bonchev–Trinajstić information content (AvgIpc) is 2.98. The summed E-state index contributed by atoms with van der Waals surface area (Å²) in [5, 5.41) is 0. The first-order valence-corrected chi connectivity index (χ1v) is 8.03. The van der Waals surface area contributed by atoms with Crippen molar-refractivity contribution in [1.82, 2.24) is 0 Å². The number of ether oxygens (including phenoxy) is 1. The zero-order valence-electron chi connectivity index (χ0n) is 13.3. The van der Waals surface area contributed by atoms with Crippen molar-refractivity contribution in [1.29, 1.82) is 0 Å². The summed E-state index contributed by atoms with van der Waals surface area (Å²) >= 11 is 0. The van der Waals surface area contributed by atoms with Gasteiger partial charge in [0.05, 0.1) is 13.2 Å². The summed E-state index contributed by atoms with van der Waals surface area (Å²) in [6.45, 7) is 3.31. The molecule has 23 heavy (non-hydrogen) atoms. The van der Waals surface area contributed by atoms with Crippen LogP contribution in [0.5, 0.6) is 0 Å². The molecule has 2 aromatic carbocycles. The molecular weight excluding hydrogens is 291 g/mol. The zero-order valence-corrected chi connectivity index (χ0v) is 13.3. The molecule has 1 saturated heterocycles. The van der Waals surface area contributed by atoms with E-state index in [-0.39, 0.29) is 29.9 Å². The molecule has 0 N–H and O–H groups in total. The average molecular weight is 312 g/mol. The first-order chi connectivity index (χ1) is 11.1. The first-order valence-electron chi connectivity index (χ1n) is 8.03. The molecule has 3 heteroatoms. The third-order valence-corrected chi connectivity index (χ3v) is 4.54. The molecule has 0 aromatic heterocycles. The summed E-state index contributed by atoms with van der Waals surface area (Å²) in [7, 11) is 0. The number of aryl methyl sites for hydroxylation is 1. The molecule has 1 fully saturated rings. The number of hydrogen-bond donors (Lipinski definition) is 0. The van der Waals surface area contributed by atoms with Crippen LogP contribution in [0, 0.1) is 18.7 Å². The van der Waals surface area contributed by atoms with Crippen LogP contribution in [-0.2, 0) is 16.0 Å². The van der Waals surface area contributed by atoms with Crippen molar-refractivity contribution >= 4 is 5.78 Å². The van der Waals surface area contributed by atoms with Crippen molar-refractivity contribution in [2.75, 3.05) is 13.2 Å². The van der Waals surface area contributed by atoms with Crippen LogP contribution in [-0.4, -0.2) is 19.0 Å². The minimum Gasteiger partial charge on any atom is -0.380 e. The van der Waals surface area contributed by atoms with E-state index in [9.17, 15) is 9.18 Å². The van der Waals surface area contributed by atoms with Gasteiger partial charge in [0.2, 0.25) is 0 Å². The maximum Gasteiger partial charge on any atom is 0.137 e. The predicted molar refractivity (Wildman–Crippen MR) is 88.0 cm³/mol. The lowest BCUT2D eigenvalue weighted by Crippen LogP contribution is -2.17. The highest BCUT2D eigenvalue weighted by molar-refractivity contribution is 5.81. The lowest BCUT2D eigenvalue weighted by molar-refractivity contribution is -0.119. The Bertz CT molecular complexity index is 678. The van der Waals surface area contributed by atoms with Crippen LogP contribution in [0.1, 0.15) is 29.0 Å². The molecule has 3 rings (SSSR count). The van der Waals surface area contributed by atoms with Crippen LogP contribution in [0.4, 0.5) is 4.39 Å². The van der Waals surface area contributed by atoms with Gasteiger partial charge >= 0.3 is 0 Å². The number of carbonyl (C=O) groups excluding carboxylic acids is 1. The van der Waals surface area contributed by atoms with Crippen molar-refractivity contribution in [3.05, 3.63) is 71.0 Å². The Morgan fingerprint density at radius 2 is 1.87 bits per heavy atom. The Kier molecular flexibility index (Phi) is 4.87. The highest BCUT2D eigenvalue weighted by Gasteiger charge is 2.31. The van der Waals surface area contributed by atoms with E-state index in [4.69, 9.17) is 4.74 Å². The molecular formula is C20H21FO2. The van der Waals surface area contributed by atoms with Gasteiger partial charge < -0.3 is 4.74 Å². The molecule has 1 unspecified atom stereocenters. The monoisotopic (exact) mass is 312 g/mol. The van der Waals surface area contributed by atoms with E-state index in [2.05, 4.69) is 31.2 Å². The van der Waals surface area contributed by atoms with Gasteiger partial charge in [-0.3, -0.25) is 4.79 Å². The Morgan fingerprint density at radius 1 is 1.13 bits per heavy atom. The Morgan fingerprint density at radius 3 is 2.61 bits per heavy atom. The van der Waals surface area contributed by atoms with E-state index in [1.54, 1.807) is 18.2 Å². The molecule has 1 aliphatic heterocycles. The fraction of sp³-hybridized carbons (Fsp3) is 0.350. The normalized spacial score (nSPS) is 20.6. The fourth-order valence-electron chi connectivity index (χ4n) is 3.20. The van der Waals surface area contributed by atoms with Gasteiger partial charge in [0, 0.05) is 18.8 Å². The van der Waals surface area contributed by atoms with Crippen LogP contribution in [0.15, 0.2) is 48.5 Å². The van der Waals surface area contributed by atoms with E-state index < -0.39 is 0 Å². The Hall–Kier alpha value is -2.00. The number of hydrogen-bond acceptors (Lipinski definition) is 2. The summed E-state index contributed by atoms with van der Waals surface area (Å²) in [5.74, 6) is 0.193. The van der Waals surface area contributed by atoms with E-state index >= 15 is 0 Å². The maximum atomic E-state index is 13.7. The van der Waals surface area contributed by atoms with Gasteiger partial charge in [-0.2, -0.15) is 0 Å². The molecule has 0 bridgehead atoms. The second-order valence-electron chi connectivity index (χ2n) is 6.33. The Labute approximate surface area is 136 Å². The van der Waals surface area contributed by atoms with Gasteiger partial charge in [-0.05, 0) is 30.0 Å². The van der Waals surface area contributed by atoms with Crippen molar-refractivity contribution < 1.29 is 13.9 Å². The van der Waals surface area contributed by atoms with Crippen molar-refractivity contribution in [3.63, 3.8) is 0 Å². The second-order valence-corrected chi connectivity index (χ2v) is 6.33. The van der Waals surface area contributed by atoms with E-state index in [1.165, 1.54) is 17.2 Å². The second kappa shape index (κ2) is 7.05. The number of carbonyl (C=O) groups is 1. The minimum absolute atomic E-state index is 0.0720. The van der Waals surface area contributed by atoms with Crippen molar-refractivity contribution in [2.45, 2.75) is 25.7 Å². The SMILES string of the molecule is Cc1ccc(C2COC[C@@H]2CC(=O)Cc2ccccc2F)cc1. The minimum atomic E-state index is -0.307. The number of halogens is 1. The number of Topliss-reactive ketones (excluding diaryl/α,β-unsaturated/α-hetero) is 1. The number of rotatable bonds is 5. The topological polar surface area (TPSA) is 26.3 Å². The predicted octanol–water partition coefficient (Wildman–Crippen LogP) is 4.07. The van der Waals surface area contributed by atoms with Gasteiger partial charge in [-0.15, -0.1) is 0 Å². The van der Waals surface area contributed by atoms with Crippen molar-refractivity contribution in [2.24, 2.45) is 5.92 Å². The van der Waals surface area contributed by atoms with Crippen LogP contribution in [0.3, 0.4) is 0 Å². The number of benzene rings is 2. The Balaban J connectivity index is 1.65. The maximum absolute atomic E-state index is 13.7. The molecule has 0 saturated carbocycles. The van der Waals surface area contributed by atoms with Crippen LogP contribution >= 0.6 is 0 Å². The summed E-state index contributed by atoms with van der Waals surface area (Å²) in [6.07, 6.45) is 0.594. The lowest BCUT2D eigenvalue weighted by atomic mass is 9.84. The molecule has 0 amide bonds. The molecule has 0 aliphatic carbocycles. The van der Waals surface area contributed by atoms with Gasteiger partial charge in [-0.25, -0.2) is 4.39 Å². The highest BCUT2D eigenvalue weighted by atomic mass is 19.1. The molecule has 2 nitrogen and oxygen atoms in total. The molecule has 1 aliphatic rings. The van der Waals surface area contributed by atoms with Gasteiger partial charge in [0.25, 0.3) is 0 Å². The molecule has 2 atom stereocenters. The van der Waals surface area contributed by atoms with Gasteiger partial charge in [-0.1, -0.05) is 48.0 Å². The number of ketones is 1. The van der Waals surface area contributed by atoms with Gasteiger partial charge in [0.1, 0.15) is 11.6 Å². The summed E-state index contributed by atoms with van der Waals surface area (Å²) in [6, 6.07) is 14.9. The third kappa shape index (κ3) is 3.85. The first kappa shape index (κ1) is 15.9. The van der Waals surface area contributed by atoms with Crippen LogP contribution < -0.4 is 0 Å². The fourth-order valence-corrected chi connectivity index (χ4v) is 3.20. The van der Waals surface area contributed by atoms with E-state index in [0.717, 1.165) is 0 Å². The smallest absolute Gasteiger partial charge is 0.137 e. The van der Waals surface area contributed by atoms with Crippen LogP contribution in [0.25, 0.3) is 0 Å². The standard InChI is InChI=1S/C20H21FO2/c1-14-6-8-15(9-7-14)19-13-23-12-17(19)11-18(22)10-16-4-2-3-5-20(16)21/h2-9,17,19H,10-13H2,1H3/t17-,19?/m0/s1. The molecule has 1 heterocycles. The summed E-state index contributed by atoms with van der Waals surface area (Å²) < 4.78 is 19.3. The molecule has 0 radical (unpaired) electrons. The van der Waals surface area contributed by atoms with E-state index in [0.29, 0.717) is 25.2 Å². The largest absolute Gasteiger partial charge is 0.380 e. The lowest BCUT2D eigenvalue weighted by Gasteiger charge is -2.17. The van der Waals surface area contributed by atoms with E-state index in [1.807, 2.05) is 0 Å².